The number of carboxylic acids is 1. The monoisotopic (exact) mass is 311 g/mol. The Balaban J connectivity index is 2.06. The van der Waals surface area contributed by atoms with Gasteiger partial charge in [-0.1, -0.05) is 6.92 Å². The van der Waals surface area contributed by atoms with Crippen molar-refractivity contribution in [3.8, 4) is 0 Å². The number of amides is 2. The Labute approximate surface area is 128 Å². The molecular weight excluding hydrogens is 290 g/mol. The van der Waals surface area contributed by atoms with Crippen LogP contribution in [-0.4, -0.2) is 39.6 Å². The molecule has 2 rings (SSSR count). The van der Waals surface area contributed by atoms with Crippen LogP contribution >= 0.6 is 11.3 Å². The Kier molecular flexibility index (Phi) is 4.82. The van der Waals surface area contributed by atoms with Crippen LogP contribution in [0.4, 0.5) is 4.79 Å². The molecule has 0 radical (unpaired) electrons. The maximum atomic E-state index is 12.4. The maximum Gasteiger partial charge on any atom is 0.326 e. The fourth-order valence-corrected chi connectivity index (χ4v) is 3.50. The van der Waals surface area contributed by atoms with Crippen molar-refractivity contribution in [3.05, 3.63) is 16.1 Å². The van der Waals surface area contributed by atoms with Crippen LogP contribution in [0, 0.1) is 12.8 Å². The number of likely N-dealkylation sites (tertiary alicyclic amines) is 1. The topological polar surface area (TPSA) is 82.5 Å². The van der Waals surface area contributed by atoms with E-state index in [1.54, 1.807) is 0 Å². The van der Waals surface area contributed by atoms with Crippen molar-refractivity contribution in [3.63, 3.8) is 0 Å². The molecule has 0 aliphatic carbocycles. The van der Waals surface area contributed by atoms with Gasteiger partial charge in [-0.15, -0.1) is 11.3 Å². The summed E-state index contributed by atoms with van der Waals surface area (Å²) in [6.45, 7) is 6.13. The van der Waals surface area contributed by atoms with Crippen LogP contribution in [0.25, 0.3) is 0 Å². The molecule has 2 N–H and O–H groups in total. The summed E-state index contributed by atoms with van der Waals surface area (Å²) in [7, 11) is 0. The number of aryl methyl sites for hydroxylation is 1. The lowest BCUT2D eigenvalue weighted by Gasteiger charge is -2.37. The molecule has 3 unspecified atom stereocenters. The first-order valence-electron chi connectivity index (χ1n) is 7.12. The second-order valence-corrected chi connectivity index (χ2v) is 6.48. The van der Waals surface area contributed by atoms with Gasteiger partial charge in [0.05, 0.1) is 6.04 Å². The molecule has 1 aromatic heterocycles. The number of carbonyl (C=O) groups is 2. The zero-order chi connectivity index (χ0) is 15.6. The number of carboxylic acid groups (broad SMARTS) is 1. The summed E-state index contributed by atoms with van der Waals surface area (Å²) in [5.74, 6) is -0.963. The predicted molar refractivity (Wildman–Crippen MR) is 80.3 cm³/mol. The number of urea groups is 1. The Hall–Kier alpha value is -1.63. The molecule has 0 spiro atoms. The highest BCUT2D eigenvalue weighted by molar-refractivity contribution is 7.09. The van der Waals surface area contributed by atoms with Crippen molar-refractivity contribution in [2.75, 3.05) is 6.54 Å². The number of nitrogens with one attached hydrogen (secondary N) is 1. The predicted octanol–water partition coefficient (Wildman–Crippen LogP) is 2.41. The number of piperidine rings is 1. The van der Waals surface area contributed by atoms with E-state index in [1.807, 2.05) is 26.2 Å². The third-order valence-electron chi connectivity index (χ3n) is 3.79. The molecular formula is C14H21N3O3S. The Bertz CT molecular complexity index is 531. The molecule has 1 aliphatic rings. The quantitative estimate of drug-likeness (QED) is 0.898. The van der Waals surface area contributed by atoms with Crippen molar-refractivity contribution in [2.24, 2.45) is 5.92 Å². The summed E-state index contributed by atoms with van der Waals surface area (Å²) in [5, 5.41) is 15.0. The summed E-state index contributed by atoms with van der Waals surface area (Å²) >= 11 is 1.49. The summed E-state index contributed by atoms with van der Waals surface area (Å²) in [6.07, 6.45) is 1.67. The van der Waals surface area contributed by atoms with Crippen molar-refractivity contribution >= 4 is 23.3 Å². The van der Waals surface area contributed by atoms with Crippen LogP contribution in [0.3, 0.4) is 0 Å². The van der Waals surface area contributed by atoms with Gasteiger partial charge in [0.15, 0.2) is 0 Å². The number of carbonyl (C=O) groups excluding carboxylic acids is 1. The van der Waals surface area contributed by atoms with E-state index in [4.69, 9.17) is 0 Å². The molecule has 3 atom stereocenters. The first-order chi connectivity index (χ1) is 9.90. The van der Waals surface area contributed by atoms with Crippen LogP contribution in [0.5, 0.6) is 0 Å². The molecule has 0 aromatic carbocycles. The van der Waals surface area contributed by atoms with E-state index in [2.05, 4.69) is 10.3 Å². The van der Waals surface area contributed by atoms with E-state index in [9.17, 15) is 14.7 Å². The molecule has 7 heteroatoms. The molecule has 2 amide bonds. The number of hydrogen-bond acceptors (Lipinski definition) is 4. The van der Waals surface area contributed by atoms with Crippen LogP contribution < -0.4 is 5.32 Å². The van der Waals surface area contributed by atoms with Crippen molar-refractivity contribution < 1.29 is 14.7 Å². The normalized spacial score (nSPS) is 23.7. The van der Waals surface area contributed by atoms with Crippen LogP contribution in [0.1, 0.15) is 43.4 Å². The Morgan fingerprint density at radius 2 is 2.29 bits per heavy atom. The first-order valence-corrected chi connectivity index (χ1v) is 8.00. The summed E-state index contributed by atoms with van der Waals surface area (Å²) in [6, 6.07) is -1.29. The minimum absolute atomic E-state index is 0.0283. The van der Waals surface area contributed by atoms with Crippen molar-refractivity contribution in [1.82, 2.24) is 15.2 Å². The zero-order valence-corrected chi connectivity index (χ0v) is 13.3. The Morgan fingerprint density at radius 1 is 1.57 bits per heavy atom. The highest BCUT2D eigenvalue weighted by Gasteiger charge is 2.37. The number of nitrogens with zero attached hydrogens (tertiary/aromatic N) is 2. The number of thiazole rings is 1. The SMILES string of the molecule is Cc1csc(C(C)NC(=O)N2CCCC(C)C2C(=O)O)n1. The third-order valence-corrected chi connectivity index (χ3v) is 4.94. The van der Waals surface area contributed by atoms with Crippen LogP contribution in [-0.2, 0) is 4.79 Å². The third kappa shape index (κ3) is 3.53. The maximum absolute atomic E-state index is 12.4. The van der Waals surface area contributed by atoms with Gasteiger partial charge in [0, 0.05) is 17.6 Å². The fourth-order valence-electron chi connectivity index (χ4n) is 2.69. The van der Waals surface area contributed by atoms with E-state index in [1.165, 1.54) is 16.2 Å². The molecule has 0 saturated carbocycles. The largest absolute Gasteiger partial charge is 0.480 e. The van der Waals surface area contributed by atoms with Crippen molar-refractivity contribution in [1.29, 1.82) is 0 Å². The van der Waals surface area contributed by atoms with Gasteiger partial charge in [-0.2, -0.15) is 0 Å². The van der Waals surface area contributed by atoms with Crippen molar-refractivity contribution in [2.45, 2.75) is 45.7 Å². The second kappa shape index (κ2) is 6.43. The lowest BCUT2D eigenvalue weighted by atomic mass is 9.91. The lowest BCUT2D eigenvalue weighted by Crippen LogP contribution is -2.55. The van der Waals surface area contributed by atoms with Gasteiger partial charge < -0.3 is 15.3 Å². The van der Waals surface area contributed by atoms with Crippen LogP contribution in [0.2, 0.25) is 0 Å². The van der Waals surface area contributed by atoms with E-state index in [-0.39, 0.29) is 18.0 Å². The Morgan fingerprint density at radius 3 is 2.86 bits per heavy atom. The minimum Gasteiger partial charge on any atom is -0.480 e. The van der Waals surface area contributed by atoms with Gasteiger partial charge in [-0.25, -0.2) is 14.6 Å². The summed E-state index contributed by atoms with van der Waals surface area (Å²) < 4.78 is 0. The smallest absolute Gasteiger partial charge is 0.326 e. The highest BCUT2D eigenvalue weighted by Crippen LogP contribution is 2.24. The molecule has 2 heterocycles. The fraction of sp³-hybridized carbons (Fsp3) is 0.643. The van der Waals surface area contributed by atoms with Crippen LogP contribution in [0.15, 0.2) is 5.38 Å². The average molecular weight is 311 g/mol. The number of rotatable bonds is 3. The van der Waals surface area contributed by atoms with Gasteiger partial charge in [0.2, 0.25) is 0 Å². The molecule has 1 saturated heterocycles. The molecule has 1 aliphatic heterocycles. The number of aromatic nitrogens is 1. The number of aliphatic carboxylic acids is 1. The van der Waals surface area contributed by atoms with Gasteiger partial charge in [-0.3, -0.25) is 0 Å². The standard InChI is InChI=1S/C14H21N3O3S/c1-8-5-4-6-17(11(8)13(18)19)14(20)16-10(3)12-15-9(2)7-21-12/h7-8,10-11H,4-6H2,1-3H3,(H,16,20)(H,18,19). The zero-order valence-electron chi connectivity index (χ0n) is 12.5. The average Bonchev–Trinajstić information content (AvgIpc) is 2.84. The summed E-state index contributed by atoms with van der Waals surface area (Å²) in [4.78, 5) is 29.6. The lowest BCUT2D eigenvalue weighted by molar-refractivity contribution is -0.145. The van der Waals surface area contributed by atoms with Gasteiger partial charge in [0.25, 0.3) is 0 Å². The van der Waals surface area contributed by atoms with Gasteiger partial charge >= 0.3 is 12.0 Å². The van der Waals surface area contributed by atoms with Gasteiger partial charge in [-0.05, 0) is 32.6 Å². The second-order valence-electron chi connectivity index (χ2n) is 5.59. The first kappa shape index (κ1) is 15.8. The van der Waals surface area contributed by atoms with E-state index in [0.29, 0.717) is 6.54 Å². The van der Waals surface area contributed by atoms with E-state index in [0.717, 1.165) is 23.5 Å². The highest BCUT2D eigenvalue weighted by atomic mass is 32.1. The molecule has 0 bridgehead atoms. The molecule has 116 valence electrons. The van der Waals surface area contributed by atoms with E-state index < -0.39 is 12.0 Å². The summed E-state index contributed by atoms with van der Waals surface area (Å²) in [5.41, 5.74) is 0.922. The molecule has 21 heavy (non-hydrogen) atoms. The number of hydrogen-bond donors (Lipinski definition) is 2. The molecule has 1 fully saturated rings. The molecule has 6 nitrogen and oxygen atoms in total. The molecule has 1 aromatic rings. The minimum atomic E-state index is -0.935. The van der Waals surface area contributed by atoms with E-state index >= 15 is 0 Å². The van der Waals surface area contributed by atoms with Gasteiger partial charge in [0.1, 0.15) is 11.0 Å².